The fourth-order valence-electron chi connectivity index (χ4n) is 5.04. The second-order valence-electron chi connectivity index (χ2n) is 12.0. The number of nitrogens with one attached hydrogen (secondary N) is 2. The first-order valence-electron chi connectivity index (χ1n) is 14.5. The van der Waals surface area contributed by atoms with Crippen molar-refractivity contribution in [2.75, 3.05) is 12.4 Å². The van der Waals surface area contributed by atoms with Gasteiger partial charge in [0.05, 0.1) is 11.7 Å². The van der Waals surface area contributed by atoms with Crippen LogP contribution in [0.2, 0.25) is 0 Å². The van der Waals surface area contributed by atoms with Crippen LogP contribution in [0.4, 0.5) is 23.7 Å². The SMILES string of the molecule is CN(C1CC1)C(c1cccnc1)c1cccc(NC(=O)c2cc(C(F)(F)F)nn2-c2cccc(CNC(=O)OC(C)(C)C)c2)c1. The monoisotopic (exact) mass is 620 g/mol. The summed E-state index contributed by atoms with van der Waals surface area (Å²) >= 11 is 0. The van der Waals surface area contributed by atoms with Crippen molar-refractivity contribution in [1.82, 2.24) is 25.0 Å². The standard InChI is InChI=1S/C33H35F3N6O3/c1-32(2,3)45-31(44)38-19-21-8-5-12-26(16-21)42-27(18-28(40-42)33(34,35)36)30(43)39-24-11-6-9-22(17-24)29(41(4)25-13-14-25)23-10-7-15-37-20-23/h5-12,15-18,20,25,29H,13-14,19H2,1-4H3,(H,38,44)(H,39,43). The normalized spacial score (nSPS) is 14.2. The molecule has 45 heavy (non-hydrogen) atoms. The molecule has 2 N–H and O–H groups in total. The van der Waals surface area contributed by atoms with Crippen LogP contribution in [0.25, 0.3) is 5.69 Å². The number of carbonyl (C=O) groups excluding carboxylic acids is 2. The largest absolute Gasteiger partial charge is 0.444 e. The smallest absolute Gasteiger partial charge is 0.435 e. The van der Waals surface area contributed by atoms with Gasteiger partial charge in [-0.3, -0.25) is 14.7 Å². The molecule has 2 aromatic carbocycles. The van der Waals surface area contributed by atoms with Crippen LogP contribution in [0.1, 0.15) is 72.5 Å². The van der Waals surface area contributed by atoms with Crippen molar-refractivity contribution >= 4 is 17.7 Å². The van der Waals surface area contributed by atoms with E-state index in [4.69, 9.17) is 4.74 Å². The fourth-order valence-corrected chi connectivity index (χ4v) is 5.04. The lowest BCUT2D eigenvalue weighted by atomic mass is 9.98. The zero-order valence-electron chi connectivity index (χ0n) is 25.4. The van der Waals surface area contributed by atoms with Crippen LogP contribution in [0.5, 0.6) is 0 Å². The first kappa shape index (κ1) is 31.7. The maximum absolute atomic E-state index is 13.8. The third-order valence-electron chi connectivity index (χ3n) is 7.21. The van der Waals surface area contributed by atoms with Gasteiger partial charge in [0.1, 0.15) is 11.3 Å². The van der Waals surface area contributed by atoms with Gasteiger partial charge in [0.25, 0.3) is 5.91 Å². The lowest BCUT2D eigenvalue weighted by Gasteiger charge is -2.29. The summed E-state index contributed by atoms with van der Waals surface area (Å²) in [6.07, 6.45) is 0.285. The molecule has 236 valence electrons. The fraction of sp³-hybridized carbons (Fsp3) is 0.333. The molecule has 12 heteroatoms. The highest BCUT2D eigenvalue weighted by Crippen LogP contribution is 2.37. The summed E-state index contributed by atoms with van der Waals surface area (Å²) in [5.41, 5.74) is 0.911. The predicted molar refractivity (Wildman–Crippen MR) is 163 cm³/mol. The van der Waals surface area contributed by atoms with Gasteiger partial charge in [-0.25, -0.2) is 9.48 Å². The van der Waals surface area contributed by atoms with E-state index in [1.165, 1.54) is 6.07 Å². The number of amides is 2. The molecule has 5 rings (SSSR count). The van der Waals surface area contributed by atoms with Gasteiger partial charge < -0.3 is 15.4 Å². The zero-order chi connectivity index (χ0) is 32.4. The van der Waals surface area contributed by atoms with E-state index < -0.39 is 29.5 Å². The Balaban J connectivity index is 1.41. The first-order chi connectivity index (χ1) is 21.3. The number of carbonyl (C=O) groups is 2. The van der Waals surface area contributed by atoms with Crippen LogP contribution in [0.15, 0.2) is 79.1 Å². The molecule has 4 aromatic rings. The van der Waals surface area contributed by atoms with Gasteiger partial charge >= 0.3 is 12.3 Å². The number of alkyl halides is 3. The molecule has 1 saturated carbocycles. The molecule has 1 atom stereocenters. The summed E-state index contributed by atoms with van der Waals surface area (Å²) in [5, 5.41) is 9.13. The van der Waals surface area contributed by atoms with Gasteiger partial charge in [0, 0.05) is 36.7 Å². The Labute approximate surface area is 259 Å². The third kappa shape index (κ3) is 8.07. The number of hydrogen-bond acceptors (Lipinski definition) is 6. The van der Waals surface area contributed by atoms with Crippen molar-refractivity contribution in [3.8, 4) is 5.69 Å². The summed E-state index contributed by atoms with van der Waals surface area (Å²) < 4.78 is 47.5. The lowest BCUT2D eigenvalue weighted by Crippen LogP contribution is -2.32. The number of anilines is 1. The highest BCUT2D eigenvalue weighted by Gasteiger charge is 2.36. The van der Waals surface area contributed by atoms with Crippen molar-refractivity contribution in [2.24, 2.45) is 0 Å². The number of nitrogens with zero attached hydrogens (tertiary/aromatic N) is 4. The number of rotatable bonds is 9. The maximum Gasteiger partial charge on any atom is 0.435 e. The number of pyridine rings is 1. The minimum atomic E-state index is -4.78. The van der Waals surface area contributed by atoms with Crippen molar-refractivity contribution in [3.63, 3.8) is 0 Å². The van der Waals surface area contributed by atoms with Crippen LogP contribution >= 0.6 is 0 Å². The lowest BCUT2D eigenvalue weighted by molar-refractivity contribution is -0.141. The Morgan fingerprint density at radius 3 is 2.42 bits per heavy atom. The van der Waals surface area contributed by atoms with Crippen molar-refractivity contribution in [1.29, 1.82) is 0 Å². The molecular formula is C33H35F3N6O3. The average Bonchev–Trinajstić information content (AvgIpc) is 3.73. The Kier molecular flexibility index (Phi) is 8.96. The van der Waals surface area contributed by atoms with Gasteiger partial charge in [0.15, 0.2) is 5.69 Å². The van der Waals surface area contributed by atoms with Gasteiger partial charge in [-0.15, -0.1) is 0 Å². The minimum Gasteiger partial charge on any atom is -0.444 e. The molecule has 2 aromatic heterocycles. The second-order valence-corrected chi connectivity index (χ2v) is 12.0. The van der Waals surface area contributed by atoms with E-state index >= 15 is 0 Å². The van der Waals surface area contributed by atoms with E-state index in [9.17, 15) is 22.8 Å². The molecule has 0 bridgehead atoms. The highest BCUT2D eigenvalue weighted by atomic mass is 19.4. The number of aromatic nitrogens is 3. The van der Waals surface area contributed by atoms with Gasteiger partial charge in [-0.1, -0.05) is 30.3 Å². The molecule has 1 unspecified atom stereocenters. The van der Waals surface area contributed by atoms with E-state index in [0.717, 1.165) is 34.7 Å². The molecule has 2 heterocycles. The summed E-state index contributed by atoms with van der Waals surface area (Å²) in [4.78, 5) is 32.2. The van der Waals surface area contributed by atoms with Crippen molar-refractivity contribution in [2.45, 2.75) is 64.0 Å². The van der Waals surface area contributed by atoms with E-state index in [2.05, 4.69) is 32.7 Å². The van der Waals surface area contributed by atoms with E-state index in [0.29, 0.717) is 17.3 Å². The van der Waals surface area contributed by atoms with Gasteiger partial charge in [-0.2, -0.15) is 18.3 Å². The molecule has 1 fully saturated rings. The molecule has 2 amide bonds. The molecule has 0 aliphatic heterocycles. The molecule has 0 radical (unpaired) electrons. The third-order valence-corrected chi connectivity index (χ3v) is 7.21. The quantitative estimate of drug-likeness (QED) is 0.215. The molecule has 0 spiro atoms. The number of alkyl carbamates (subject to hydrolysis) is 1. The Morgan fingerprint density at radius 2 is 1.76 bits per heavy atom. The van der Waals surface area contributed by atoms with Crippen molar-refractivity contribution in [3.05, 3.63) is 107 Å². The van der Waals surface area contributed by atoms with Crippen LogP contribution in [0.3, 0.4) is 0 Å². The van der Waals surface area contributed by atoms with E-state index in [1.807, 2.05) is 30.5 Å². The topological polar surface area (TPSA) is 101 Å². The summed E-state index contributed by atoms with van der Waals surface area (Å²) in [6.45, 7) is 5.25. The summed E-state index contributed by atoms with van der Waals surface area (Å²) in [5.74, 6) is -0.763. The minimum absolute atomic E-state index is 0.0534. The predicted octanol–water partition coefficient (Wildman–Crippen LogP) is 6.75. The Hall–Kier alpha value is -4.71. The molecule has 1 aliphatic carbocycles. The Bertz CT molecular complexity index is 1660. The molecule has 0 saturated heterocycles. The van der Waals surface area contributed by atoms with Crippen LogP contribution < -0.4 is 10.6 Å². The molecular weight excluding hydrogens is 585 g/mol. The highest BCUT2D eigenvalue weighted by molar-refractivity contribution is 6.03. The maximum atomic E-state index is 13.8. The average molecular weight is 621 g/mol. The van der Waals surface area contributed by atoms with Gasteiger partial charge in [0.2, 0.25) is 0 Å². The number of halogens is 3. The van der Waals surface area contributed by atoms with E-state index in [-0.39, 0.29) is 24.0 Å². The van der Waals surface area contributed by atoms with Crippen molar-refractivity contribution < 1.29 is 27.5 Å². The Morgan fingerprint density at radius 1 is 1.02 bits per heavy atom. The molecule has 1 aliphatic rings. The number of hydrogen-bond donors (Lipinski definition) is 2. The number of benzene rings is 2. The van der Waals surface area contributed by atoms with Crippen LogP contribution in [0, 0.1) is 0 Å². The summed E-state index contributed by atoms with van der Waals surface area (Å²) in [6, 6.07) is 18.5. The van der Waals surface area contributed by atoms with Gasteiger partial charge in [-0.05, 0) is 87.7 Å². The molecule has 9 nitrogen and oxygen atoms in total. The second kappa shape index (κ2) is 12.7. The van der Waals surface area contributed by atoms with Crippen LogP contribution in [-0.4, -0.2) is 50.4 Å². The zero-order valence-corrected chi connectivity index (χ0v) is 25.4. The first-order valence-corrected chi connectivity index (χ1v) is 14.5. The number of ether oxygens (including phenoxy) is 1. The summed E-state index contributed by atoms with van der Waals surface area (Å²) in [7, 11) is 2.05. The van der Waals surface area contributed by atoms with Crippen LogP contribution in [-0.2, 0) is 17.5 Å². The van der Waals surface area contributed by atoms with E-state index in [1.54, 1.807) is 57.3 Å².